The molecule has 0 unspecified atom stereocenters. The molecule has 3 aromatic heterocycles. The zero-order chi connectivity index (χ0) is 21.9. The van der Waals surface area contributed by atoms with Gasteiger partial charge in [-0.3, -0.25) is 4.79 Å². The Morgan fingerprint density at radius 3 is 2.70 bits per heavy atom. The highest BCUT2D eigenvalue weighted by molar-refractivity contribution is 6.33. The van der Waals surface area contributed by atoms with Gasteiger partial charge in [0.2, 0.25) is 5.88 Å². The normalized spacial score (nSPS) is 11.4. The van der Waals surface area contributed by atoms with E-state index in [-0.39, 0.29) is 28.7 Å². The number of carbonyl (C=O) groups is 1. The van der Waals surface area contributed by atoms with Crippen LogP contribution in [0.3, 0.4) is 0 Å². The molecule has 0 fully saturated rings. The summed E-state index contributed by atoms with van der Waals surface area (Å²) in [5.74, 6) is -0.412. The topological polar surface area (TPSA) is 81.9 Å². The highest BCUT2D eigenvalue weighted by atomic mass is 35.5. The molecule has 0 aliphatic heterocycles. The van der Waals surface area contributed by atoms with Gasteiger partial charge in [-0.2, -0.15) is 18.3 Å². The predicted octanol–water partition coefficient (Wildman–Crippen LogP) is 3.80. The van der Waals surface area contributed by atoms with Crippen molar-refractivity contribution >= 4 is 17.5 Å². The Kier molecular flexibility index (Phi) is 6.25. The van der Waals surface area contributed by atoms with Crippen LogP contribution in [-0.2, 0) is 6.54 Å². The maximum atomic E-state index is 12.6. The lowest BCUT2D eigenvalue weighted by Gasteiger charge is -2.13. The number of hydrogen-bond acceptors (Lipinski definition) is 5. The molecule has 0 radical (unpaired) electrons. The van der Waals surface area contributed by atoms with E-state index in [2.05, 4.69) is 20.4 Å². The summed E-state index contributed by atoms with van der Waals surface area (Å²) in [6, 6.07) is 8.04. The number of nitrogens with zero attached hydrogens (tertiary/aromatic N) is 4. The van der Waals surface area contributed by atoms with Crippen LogP contribution in [-0.4, -0.2) is 38.4 Å². The number of hydrogen-bond donors (Lipinski definition) is 1. The maximum Gasteiger partial charge on any atom is 0.422 e. The van der Waals surface area contributed by atoms with Gasteiger partial charge in [-0.25, -0.2) is 14.6 Å². The zero-order valence-corrected chi connectivity index (χ0v) is 16.8. The predicted molar refractivity (Wildman–Crippen MR) is 103 cm³/mol. The van der Waals surface area contributed by atoms with E-state index in [4.69, 9.17) is 16.3 Å². The molecule has 0 bridgehead atoms. The lowest BCUT2D eigenvalue weighted by molar-refractivity contribution is -0.154. The van der Waals surface area contributed by atoms with Crippen LogP contribution in [0.2, 0.25) is 5.02 Å². The molecule has 1 N–H and O–H groups in total. The van der Waals surface area contributed by atoms with Crippen molar-refractivity contribution < 1.29 is 22.7 Å². The molecule has 0 saturated heterocycles. The monoisotopic (exact) mass is 439 g/mol. The minimum Gasteiger partial charge on any atom is -0.468 e. The molecule has 0 aromatic carbocycles. The lowest BCUT2D eigenvalue weighted by Crippen LogP contribution is -2.26. The molecule has 0 spiro atoms. The summed E-state index contributed by atoms with van der Waals surface area (Å²) in [5.41, 5.74) is 1.86. The molecule has 3 aromatic rings. The Morgan fingerprint density at radius 1 is 1.27 bits per heavy atom. The summed E-state index contributed by atoms with van der Waals surface area (Å²) < 4.78 is 43.5. The summed E-state index contributed by atoms with van der Waals surface area (Å²) in [7, 11) is 0. The second kappa shape index (κ2) is 8.70. The van der Waals surface area contributed by atoms with Crippen molar-refractivity contribution in [2.45, 2.75) is 26.6 Å². The Bertz CT molecular complexity index is 1070. The number of ether oxygens (including phenoxy) is 1. The summed E-state index contributed by atoms with van der Waals surface area (Å²) in [4.78, 5) is 20.7. The number of alkyl halides is 3. The number of aryl methyl sites for hydroxylation is 2. The van der Waals surface area contributed by atoms with Gasteiger partial charge in [0.15, 0.2) is 12.4 Å². The number of amides is 1. The number of nitrogens with one attached hydrogen (secondary N) is 1. The van der Waals surface area contributed by atoms with Crippen molar-refractivity contribution in [2.75, 3.05) is 6.61 Å². The minimum atomic E-state index is -4.50. The van der Waals surface area contributed by atoms with E-state index in [1.807, 2.05) is 19.9 Å². The molecule has 1 amide bonds. The van der Waals surface area contributed by atoms with Crippen LogP contribution in [0.4, 0.5) is 13.2 Å². The third kappa shape index (κ3) is 5.26. The fraction of sp³-hybridized carbons (Fsp3) is 0.263. The average Bonchev–Trinajstić information content (AvgIpc) is 3.03. The highest BCUT2D eigenvalue weighted by Gasteiger charge is 2.29. The molecule has 0 aliphatic carbocycles. The number of aromatic nitrogens is 4. The molecular formula is C19H17ClF3N5O2. The molecule has 30 heavy (non-hydrogen) atoms. The third-order valence-electron chi connectivity index (χ3n) is 3.93. The molecule has 7 nitrogen and oxygen atoms in total. The van der Waals surface area contributed by atoms with E-state index in [0.717, 1.165) is 11.4 Å². The van der Waals surface area contributed by atoms with Gasteiger partial charge in [0.25, 0.3) is 5.91 Å². The van der Waals surface area contributed by atoms with Gasteiger partial charge >= 0.3 is 6.18 Å². The van der Waals surface area contributed by atoms with E-state index >= 15 is 0 Å². The molecule has 0 aliphatic rings. The molecule has 0 atom stereocenters. The van der Waals surface area contributed by atoms with Crippen LogP contribution in [0.5, 0.6) is 5.88 Å². The molecule has 11 heteroatoms. The second-order valence-electron chi connectivity index (χ2n) is 6.39. The number of rotatable bonds is 6. The fourth-order valence-corrected chi connectivity index (χ4v) is 2.86. The van der Waals surface area contributed by atoms with Gasteiger partial charge in [0.1, 0.15) is 5.69 Å². The first kappa shape index (κ1) is 21.6. The Balaban J connectivity index is 1.76. The molecular weight excluding hydrogens is 423 g/mol. The number of carbonyl (C=O) groups excluding carboxylic acids is 1. The molecule has 158 valence electrons. The van der Waals surface area contributed by atoms with Crippen molar-refractivity contribution in [3.8, 4) is 11.7 Å². The summed E-state index contributed by atoms with van der Waals surface area (Å²) >= 11 is 6.12. The fourth-order valence-electron chi connectivity index (χ4n) is 2.67. The SMILES string of the molecule is Cc1cc(C)n(-c2ccc(Cl)c(C(=O)NCc3cccnc3OCC(F)(F)F)n2)n1. The molecule has 3 heterocycles. The Hall–Kier alpha value is -3.14. The lowest BCUT2D eigenvalue weighted by atomic mass is 10.2. The Morgan fingerprint density at radius 2 is 2.03 bits per heavy atom. The van der Waals surface area contributed by atoms with Crippen molar-refractivity contribution in [2.24, 2.45) is 0 Å². The van der Waals surface area contributed by atoms with E-state index in [1.165, 1.54) is 24.4 Å². The van der Waals surface area contributed by atoms with Gasteiger partial charge in [0, 0.05) is 24.0 Å². The minimum absolute atomic E-state index is 0.0385. The van der Waals surface area contributed by atoms with E-state index < -0.39 is 18.7 Å². The standard InChI is InChI=1S/C19H17ClF3N5O2/c1-11-8-12(2)28(27-11)15-6-5-14(20)16(26-15)17(29)25-9-13-4-3-7-24-18(13)30-10-19(21,22)23/h3-8H,9-10H2,1-2H3,(H,25,29). The van der Waals surface area contributed by atoms with Crippen molar-refractivity contribution in [3.05, 3.63) is 64.2 Å². The van der Waals surface area contributed by atoms with Crippen molar-refractivity contribution in [1.82, 2.24) is 25.1 Å². The van der Waals surface area contributed by atoms with Crippen LogP contribution in [0, 0.1) is 13.8 Å². The Labute approximate surface area is 174 Å². The summed E-state index contributed by atoms with van der Waals surface area (Å²) in [5, 5.41) is 7.02. The van der Waals surface area contributed by atoms with Crippen LogP contribution in [0.15, 0.2) is 36.5 Å². The summed E-state index contributed by atoms with van der Waals surface area (Å²) in [6.45, 7) is 2.07. The van der Waals surface area contributed by atoms with Crippen molar-refractivity contribution in [1.29, 1.82) is 0 Å². The first-order valence-electron chi connectivity index (χ1n) is 8.76. The summed E-state index contributed by atoms with van der Waals surface area (Å²) in [6.07, 6.45) is -3.20. The average molecular weight is 440 g/mol. The van der Waals surface area contributed by atoms with Gasteiger partial charge in [-0.1, -0.05) is 17.7 Å². The van der Waals surface area contributed by atoms with Crippen LogP contribution >= 0.6 is 11.6 Å². The van der Waals surface area contributed by atoms with Gasteiger partial charge in [0.05, 0.1) is 10.7 Å². The first-order valence-corrected chi connectivity index (χ1v) is 9.13. The second-order valence-corrected chi connectivity index (χ2v) is 6.80. The van der Waals surface area contributed by atoms with Gasteiger partial charge in [-0.15, -0.1) is 0 Å². The van der Waals surface area contributed by atoms with Crippen LogP contribution < -0.4 is 10.1 Å². The smallest absolute Gasteiger partial charge is 0.422 e. The number of halogens is 4. The molecule has 3 rings (SSSR count). The van der Waals surface area contributed by atoms with Crippen LogP contribution in [0.25, 0.3) is 5.82 Å². The van der Waals surface area contributed by atoms with Gasteiger partial charge < -0.3 is 10.1 Å². The maximum absolute atomic E-state index is 12.6. The largest absolute Gasteiger partial charge is 0.468 e. The molecule has 0 saturated carbocycles. The quantitative estimate of drug-likeness (QED) is 0.631. The highest BCUT2D eigenvalue weighted by Crippen LogP contribution is 2.21. The third-order valence-corrected chi connectivity index (χ3v) is 4.24. The number of pyridine rings is 2. The van der Waals surface area contributed by atoms with E-state index in [1.54, 1.807) is 10.7 Å². The first-order chi connectivity index (χ1) is 14.1. The van der Waals surface area contributed by atoms with Gasteiger partial charge in [-0.05, 0) is 38.1 Å². The zero-order valence-electron chi connectivity index (χ0n) is 16.0. The van der Waals surface area contributed by atoms with E-state index in [0.29, 0.717) is 5.82 Å². The van der Waals surface area contributed by atoms with E-state index in [9.17, 15) is 18.0 Å². The van der Waals surface area contributed by atoms with Crippen molar-refractivity contribution in [3.63, 3.8) is 0 Å². The van der Waals surface area contributed by atoms with Crippen LogP contribution in [0.1, 0.15) is 27.4 Å².